The Labute approximate surface area is 125 Å². The first-order chi connectivity index (χ1) is 10.1. The first-order valence-electron chi connectivity index (χ1n) is 7.19. The molecule has 0 fully saturated rings. The summed E-state index contributed by atoms with van der Waals surface area (Å²) in [6.07, 6.45) is 5.94. The summed E-state index contributed by atoms with van der Waals surface area (Å²) in [6, 6.07) is 3.76. The number of benzene rings is 1. The van der Waals surface area contributed by atoms with Crippen molar-refractivity contribution in [3.8, 4) is 11.5 Å². The van der Waals surface area contributed by atoms with Crippen molar-refractivity contribution >= 4 is 0 Å². The fourth-order valence-electron chi connectivity index (χ4n) is 2.63. The molecule has 1 aliphatic carbocycles. The Kier molecular flexibility index (Phi) is 4.91. The van der Waals surface area contributed by atoms with Crippen molar-refractivity contribution in [2.75, 3.05) is 14.2 Å². The Balaban J connectivity index is 2.42. The van der Waals surface area contributed by atoms with Crippen LogP contribution in [0.3, 0.4) is 0 Å². The molecule has 1 unspecified atom stereocenters. The molecular weight excluding hydrogens is 266 g/mol. The minimum Gasteiger partial charge on any atom is -0.512 e. The second kappa shape index (κ2) is 6.68. The lowest BCUT2D eigenvalue weighted by molar-refractivity contribution is 0.353. The van der Waals surface area contributed by atoms with E-state index >= 15 is 0 Å². The molecule has 0 heterocycles. The SMILES string of the molecule is CCc1cc(OC)c(OC)cc1C(N)C1=CC=C(O)CC1. The van der Waals surface area contributed by atoms with Gasteiger partial charge in [0.15, 0.2) is 11.5 Å². The molecule has 1 aromatic rings. The molecule has 1 aromatic carbocycles. The van der Waals surface area contributed by atoms with E-state index in [-0.39, 0.29) is 6.04 Å². The molecule has 0 saturated carbocycles. The molecule has 4 nitrogen and oxygen atoms in total. The maximum absolute atomic E-state index is 9.47. The molecule has 0 aliphatic heterocycles. The minimum atomic E-state index is -0.191. The summed E-state index contributed by atoms with van der Waals surface area (Å²) in [7, 11) is 3.26. The van der Waals surface area contributed by atoms with Gasteiger partial charge >= 0.3 is 0 Å². The fourth-order valence-corrected chi connectivity index (χ4v) is 2.63. The third kappa shape index (κ3) is 3.22. The van der Waals surface area contributed by atoms with Gasteiger partial charge in [-0.2, -0.15) is 0 Å². The van der Waals surface area contributed by atoms with Crippen LogP contribution in [0.1, 0.15) is 36.9 Å². The van der Waals surface area contributed by atoms with Crippen LogP contribution in [0.2, 0.25) is 0 Å². The molecule has 0 saturated heterocycles. The van der Waals surface area contributed by atoms with Crippen LogP contribution in [0.25, 0.3) is 0 Å². The van der Waals surface area contributed by atoms with Crippen LogP contribution < -0.4 is 15.2 Å². The molecule has 0 amide bonds. The normalized spacial score (nSPS) is 16.0. The smallest absolute Gasteiger partial charge is 0.161 e. The van der Waals surface area contributed by atoms with Crippen LogP contribution >= 0.6 is 0 Å². The third-order valence-electron chi connectivity index (χ3n) is 3.92. The first-order valence-corrected chi connectivity index (χ1v) is 7.19. The predicted octanol–water partition coefficient (Wildman–Crippen LogP) is 3.43. The molecule has 0 radical (unpaired) electrons. The summed E-state index contributed by atoms with van der Waals surface area (Å²) in [5.74, 6) is 1.82. The number of aliphatic hydroxyl groups is 1. The highest BCUT2D eigenvalue weighted by atomic mass is 16.5. The van der Waals surface area contributed by atoms with E-state index in [1.54, 1.807) is 20.3 Å². The van der Waals surface area contributed by atoms with Gasteiger partial charge in [0.05, 0.1) is 26.0 Å². The maximum atomic E-state index is 9.47. The monoisotopic (exact) mass is 289 g/mol. The van der Waals surface area contributed by atoms with Crippen molar-refractivity contribution in [3.63, 3.8) is 0 Å². The van der Waals surface area contributed by atoms with Crippen LogP contribution in [0.4, 0.5) is 0 Å². The molecule has 1 atom stereocenters. The Morgan fingerprint density at radius 2 is 1.81 bits per heavy atom. The molecule has 3 N–H and O–H groups in total. The maximum Gasteiger partial charge on any atom is 0.161 e. The fraction of sp³-hybridized carbons (Fsp3) is 0.412. The highest BCUT2D eigenvalue weighted by Gasteiger charge is 2.19. The van der Waals surface area contributed by atoms with E-state index in [2.05, 4.69) is 6.92 Å². The summed E-state index contributed by atoms with van der Waals surface area (Å²) in [5.41, 5.74) is 9.76. The average molecular weight is 289 g/mol. The summed E-state index contributed by atoms with van der Waals surface area (Å²) >= 11 is 0. The number of hydrogen-bond acceptors (Lipinski definition) is 4. The number of nitrogens with two attached hydrogens (primary N) is 1. The quantitative estimate of drug-likeness (QED) is 0.871. The van der Waals surface area contributed by atoms with Gasteiger partial charge in [-0.05, 0) is 47.8 Å². The molecular formula is C17H23NO3. The summed E-state index contributed by atoms with van der Waals surface area (Å²) in [5, 5.41) is 9.47. The van der Waals surface area contributed by atoms with E-state index in [9.17, 15) is 5.11 Å². The lowest BCUT2D eigenvalue weighted by atomic mass is 9.89. The molecule has 2 rings (SSSR count). The topological polar surface area (TPSA) is 64.7 Å². The van der Waals surface area contributed by atoms with Crippen LogP contribution in [0.5, 0.6) is 11.5 Å². The van der Waals surface area contributed by atoms with Crippen molar-refractivity contribution in [1.82, 2.24) is 0 Å². The van der Waals surface area contributed by atoms with E-state index in [1.165, 1.54) is 0 Å². The van der Waals surface area contributed by atoms with Gasteiger partial charge in [-0.3, -0.25) is 0 Å². The lowest BCUT2D eigenvalue weighted by Crippen LogP contribution is -2.17. The van der Waals surface area contributed by atoms with Crippen LogP contribution in [-0.2, 0) is 6.42 Å². The number of hydrogen-bond donors (Lipinski definition) is 2. The van der Waals surface area contributed by atoms with Crippen LogP contribution in [0.15, 0.2) is 35.6 Å². The second-order valence-electron chi connectivity index (χ2n) is 5.14. The second-order valence-corrected chi connectivity index (χ2v) is 5.14. The van der Waals surface area contributed by atoms with Crippen molar-refractivity contribution in [2.24, 2.45) is 5.73 Å². The number of aryl methyl sites for hydroxylation is 1. The van der Waals surface area contributed by atoms with Crippen molar-refractivity contribution in [3.05, 3.63) is 46.7 Å². The largest absolute Gasteiger partial charge is 0.512 e. The number of ether oxygens (including phenoxy) is 2. The highest BCUT2D eigenvalue weighted by molar-refractivity contribution is 5.50. The van der Waals surface area contributed by atoms with Gasteiger partial charge in [-0.1, -0.05) is 13.0 Å². The Hall–Kier alpha value is -1.94. The van der Waals surface area contributed by atoms with E-state index in [0.717, 1.165) is 35.3 Å². The zero-order valence-electron chi connectivity index (χ0n) is 12.8. The summed E-state index contributed by atoms with van der Waals surface area (Å²) in [6.45, 7) is 2.10. The molecule has 0 spiro atoms. The number of methoxy groups -OCH3 is 2. The lowest BCUT2D eigenvalue weighted by Gasteiger charge is -2.22. The Morgan fingerprint density at radius 3 is 2.33 bits per heavy atom. The van der Waals surface area contributed by atoms with Gasteiger partial charge in [-0.15, -0.1) is 0 Å². The number of allylic oxidation sites excluding steroid dienone is 3. The van der Waals surface area contributed by atoms with Gasteiger partial charge < -0.3 is 20.3 Å². The molecule has 21 heavy (non-hydrogen) atoms. The predicted molar refractivity (Wildman–Crippen MR) is 83.9 cm³/mol. The van der Waals surface area contributed by atoms with Gasteiger partial charge in [0.2, 0.25) is 0 Å². The summed E-state index contributed by atoms with van der Waals surface area (Å²) in [4.78, 5) is 0. The first kappa shape index (κ1) is 15.4. The van der Waals surface area contributed by atoms with E-state index < -0.39 is 0 Å². The van der Waals surface area contributed by atoms with Crippen LogP contribution in [0, 0.1) is 0 Å². The molecule has 1 aliphatic rings. The van der Waals surface area contributed by atoms with Crippen molar-refractivity contribution in [2.45, 2.75) is 32.2 Å². The Morgan fingerprint density at radius 1 is 1.14 bits per heavy atom. The highest BCUT2D eigenvalue weighted by Crippen LogP contribution is 2.36. The zero-order valence-corrected chi connectivity index (χ0v) is 12.8. The summed E-state index contributed by atoms with van der Waals surface area (Å²) < 4.78 is 10.7. The van der Waals surface area contributed by atoms with E-state index in [0.29, 0.717) is 17.9 Å². The van der Waals surface area contributed by atoms with E-state index in [4.69, 9.17) is 15.2 Å². The number of aliphatic hydroxyl groups excluding tert-OH is 1. The molecule has 0 aromatic heterocycles. The molecule has 0 bridgehead atoms. The zero-order chi connectivity index (χ0) is 15.4. The number of rotatable bonds is 5. The third-order valence-corrected chi connectivity index (χ3v) is 3.92. The minimum absolute atomic E-state index is 0.191. The van der Waals surface area contributed by atoms with Gasteiger partial charge in [-0.25, -0.2) is 0 Å². The van der Waals surface area contributed by atoms with E-state index in [1.807, 2.05) is 18.2 Å². The Bertz CT molecular complexity index is 576. The van der Waals surface area contributed by atoms with Gasteiger partial charge in [0.25, 0.3) is 0 Å². The van der Waals surface area contributed by atoms with Gasteiger partial charge in [0.1, 0.15) is 0 Å². The molecule has 114 valence electrons. The van der Waals surface area contributed by atoms with Crippen LogP contribution in [-0.4, -0.2) is 19.3 Å². The van der Waals surface area contributed by atoms with Gasteiger partial charge in [0, 0.05) is 6.42 Å². The molecule has 4 heteroatoms. The average Bonchev–Trinajstić information content (AvgIpc) is 2.53. The van der Waals surface area contributed by atoms with Crippen molar-refractivity contribution in [1.29, 1.82) is 0 Å². The van der Waals surface area contributed by atoms with Crippen molar-refractivity contribution < 1.29 is 14.6 Å². The standard InChI is InChI=1S/C17H23NO3/c1-4-11-9-15(20-2)16(21-3)10-14(11)17(18)12-5-7-13(19)8-6-12/h5,7,9-10,17,19H,4,6,8,18H2,1-3H3.